The second kappa shape index (κ2) is 6.88. The molecule has 4 nitrogen and oxygen atoms in total. The van der Waals surface area contributed by atoms with Crippen LogP contribution in [0.1, 0.15) is 21.5 Å². The molecule has 2 rings (SSSR count). The van der Waals surface area contributed by atoms with Gasteiger partial charge in [0.15, 0.2) is 0 Å². The minimum atomic E-state index is -4.76. The van der Waals surface area contributed by atoms with E-state index in [0.29, 0.717) is 29.5 Å². The number of amides is 1. The maximum atomic E-state index is 13.3. The first-order valence-corrected chi connectivity index (χ1v) is 6.71. The van der Waals surface area contributed by atoms with Crippen molar-refractivity contribution in [2.24, 2.45) is 0 Å². The third-order valence-corrected chi connectivity index (χ3v) is 3.20. The van der Waals surface area contributed by atoms with Crippen molar-refractivity contribution in [3.05, 3.63) is 58.9 Å². The Bertz CT molecular complexity index is 759. The zero-order valence-electron chi connectivity index (χ0n) is 12.4. The Balaban J connectivity index is 2.29. The van der Waals surface area contributed by atoms with Gasteiger partial charge in [-0.1, -0.05) is 0 Å². The summed E-state index contributed by atoms with van der Waals surface area (Å²) < 4.78 is 56.4. The van der Waals surface area contributed by atoms with Gasteiger partial charge in [0, 0.05) is 16.8 Å². The highest BCUT2D eigenvalue weighted by Gasteiger charge is 2.32. The van der Waals surface area contributed by atoms with E-state index in [1.807, 2.05) is 0 Å². The normalized spacial score (nSPS) is 11.2. The number of carbonyl (C=O) groups excluding carboxylic acids is 1. The zero-order chi connectivity index (χ0) is 17.9. The first-order chi connectivity index (χ1) is 11.2. The molecule has 0 aromatic heterocycles. The number of aliphatic hydroxyl groups excluding tert-OH is 1. The number of carbonyl (C=O) groups is 1. The number of benzene rings is 2. The fourth-order valence-electron chi connectivity index (χ4n) is 2.07. The van der Waals surface area contributed by atoms with Crippen molar-refractivity contribution in [2.75, 3.05) is 12.4 Å². The molecular weight excluding hydrogens is 330 g/mol. The number of methoxy groups -OCH3 is 1. The monoisotopic (exact) mass is 343 g/mol. The third-order valence-electron chi connectivity index (χ3n) is 3.20. The Labute approximate surface area is 134 Å². The lowest BCUT2D eigenvalue weighted by molar-refractivity contribution is -0.137. The molecule has 24 heavy (non-hydrogen) atoms. The number of halogens is 4. The maximum absolute atomic E-state index is 13.3. The summed E-state index contributed by atoms with van der Waals surface area (Å²) in [6, 6.07) is 5.92. The average Bonchev–Trinajstić information content (AvgIpc) is 2.53. The highest BCUT2D eigenvalue weighted by atomic mass is 19.4. The van der Waals surface area contributed by atoms with Crippen LogP contribution in [0.5, 0.6) is 5.75 Å². The van der Waals surface area contributed by atoms with Crippen LogP contribution in [0.25, 0.3) is 0 Å². The molecule has 2 aromatic rings. The summed E-state index contributed by atoms with van der Waals surface area (Å²) in [5.41, 5.74) is -1.12. The van der Waals surface area contributed by atoms with Gasteiger partial charge in [0.25, 0.3) is 5.91 Å². The van der Waals surface area contributed by atoms with Crippen LogP contribution < -0.4 is 10.1 Å². The van der Waals surface area contributed by atoms with E-state index >= 15 is 0 Å². The van der Waals surface area contributed by atoms with Gasteiger partial charge in [0.2, 0.25) is 0 Å². The molecule has 0 aliphatic heterocycles. The molecule has 2 aromatic carbocycles. The Morgan fingerprint density at radius 2 is 1.92 bits per heavy atom. The fraction of sp³-hybridized carbons (Fsp3) is 0.188. The lowest BCUT2D eigenvalue weighted by Crippen LogP contribution is -2.15. The molecule has 0 saturated heterocycles. The third kappa shape index (κ3) is 4.02. The van der Waals surface area contributed by atoms with E-state index in [0.717, 1.165) is 0 Å². The molecule has 128 valence electrons. The number of alkyl halides is 3. The van der Waals surface area contributed by atoms with Crippen LogP contribution in [-0.2, 0) is 12.8 Å². The number of aliphatic hydroxyl groups is 1. The second-order valence-electron chi connectivity index (χ2n) is 4.87. The van der Waals surface area contributed by atoms with Crippen LogP contribution in [0.2, 0.25) is 0 Å². The summed E-state index contributed by atoms with van der Waals surface area (Å²) >= 11 is 0. The van der Waals surface area contributed by atoms with Crippen LogP contribution in [0.15, 0.2) is 36.4 Å². The predicted molar refractivity (Wildman–Crippen MR) is 78.3 cm³/mol. The molecule has 0 aliphatic carbocycles. The van der Waals surface area contributed by atoms with E-state index in [2.05, 4.69) is 5.32 Å². The van der Waals surface area contributed by atoms with Crippen molar-refractivity contribution >= 4 is 11.6 Å². The molecule has 0 heterocycles. The first-order valence-electron chi connectivity index (χ1n) is 6.71. The number of nitrogens with one attached hydrogen (secondary N) is 1. The zero-order valence-corrected chi connectivity index (χ0v) is 12.4. The topological polar surface area (TPSA) is 58.6 Å². The van der Waals surface area contributed by atoms with Crippen LogP contribution >= 0.6 is 0 Å². The predicted octanol–water partition coefficient (Wildman–Crippen LogP) is 3.60. The summed E-state index contributed by atoms with van der Waals surface area (Å²) in [7, 11) is 1.40. The molecule has 0 fully saturated rings. The Morgan fingerprint density at radius 3 is 2.50 bits per heavy atom. The van der Waals surface area contributed by atoms with Crippen molar-refractivity contribution < 1.29 is 32.2 Å². The van der Waals surface area contributed by atoms with Crippen molar-refractivity contribution in [2.45, 2.75) is 12.8 Å². The molecule has 1 amide bonds. The minimum Gasteiger partial charge on any atom is -0.496 e. The molecule has 0 aliphatic rings. The van der Waals surface area contributed by atoms with Gasteiger partial charge in [-0.15, -0.1) is 0 Å². The van der Waals surface area contributed by atoms with Gasteiger partial charge in [-0.2, -0.15) is 13.2 Å². The van der Waals surface area contributed by atoms with Crippen molar-refractivity contribution in [1.82, 2.24) is 0 Å². The molecule has 0 spiro atoms. The van der Waals surface area contributed by atoms with Gasteiger partial charge in [0.1, 0.15) is 11.6 Å². The smallest absolute Gasteiger partial charge is 0.416 e. The standard InChI is InChI=1S/C16H13F4NO3/c1-24-14-3-2-13(6-10(14)8-22)21-15(23)9-4-11(16(18,19)20)7-12(17)5-9/h2-7,22H,8H2,1H3,(H,21,23). The summed E-state index contributed by atoms with van der Waals surface area (Å²) in [5, 5.41) is 11.6. The summed E-state index contributed by atoms with van der Waals surface area (Å²) in [6.07, 6.45) is -4.76. The largest absolute Gasteiger partial charge is 0.496 e. The van der Waals surface area contributed by atoms with Gasteiger partial charge in [-0.3, -0.25) is 4.79 Å². The molecule has 0 bridgehead atoms. The van der Waals surface area contributed by atoms with E-state index in [1.54, 1.807) is 0 Å². The molecule has 0 saturated carbocycles. The first kappa shape index (κ1) is 17.7. The van der Waals surface area contributed by atoms with E-state index < -0.39 is 29.0 Å². The number of ether oxygens (including phenoxy) is 1. The average molecular weight is 343 g/mol. The molecule has 0 unspecified atom stereocenters. The van der Waals surface area contributed by atoms with Crippen LogP contribution in [0.4, 0.5) is 23.2 Å². The molecular formula is C16H13F4NO3. The van der Waals surface area contributed by atoms with Crippen molar-refractivity contribution in [3.63, 3.8) is 0 Å². The van der Waals surface area contributed by atoms with Gasteiger partial charge in [-0.25, -0.2) is 4.39 Å². The van der Waals surface area contributed by atoms with Gasteiger partial charge >= 0.3 is 6.18 Å². The SMILES string of the molecule is COc1ccc(NC(=O)c2cc(F)cc(C(F)(F)F)c2)cc1CO. The molecule has 0 atom stereocenters. The fourth-order valence-corrected chi connectivity index (χ4v) is 2.07. The van der Waals surface area contributed by atoms with Crippen LogP contribution in [-0.4, -0.2) is 18.1 Å². The highest BCUT2D eigenvalue weighted by Crippen LogP contribution is 2.30. The van der Waals surface area contributed by atoms with Crippen LogP contribution in [0.3, 0.4) is 0 Å². The lowest BCUT2D eigenvalue weighted by atomic mass is 10.1. The minimum absolute atomic E-state index is 0.225. The Kier molecular flexibility index (Phi) is 5.08. The van der Waals surface area contributed by atoms with E-state index in [9.17, 15) is 27.5 Å². The van der Waals surface area contributed by atoms with Gasteiger partial charge in [0.05, 0.1) is 19.3 Å². The number of anilines is 1. The second-order valence-corrected chi connectivity index (χ2v) is 4.87. The van der Waals surface area contributed by atoms with Gasteiger partial charge < -0.3 is 15.2 Å². The van der Waals surface area contributed by atoms with Crippen LogP contribution in [0, 0.1) is 5.82 Å². The quantitative estimate of drug-likeness (QED) is 0.834. The van der Waals surface area contributed by atoms with E-state index in [1.165, 1.54) is 25.3 Å². The van der Waals surface area contributed by atoms with E-state index in [4.69, 9.17) is 4.74 Å². The highest BCUT2D eigenvalue weighted by molar-refractivity contribution is 6.04. The maximum Gasteiger partial charge on any atom is 0.416 e. The van der Waals surface area contributed by atoms with Gasteiger partial charge in [-0.05, 0) is 36.4 Å². The molecule has 0 radical (unpaired) electrons. The summed E-state index contributed by atoms with van der Waals surface area (Å²) in [6.45, 7) is -0.356. The summed E-state index contributed by atoms with van der Waals surface area (Å²) in [4.78, 5) is 12.1. The number of hydrogen-bond acceptors (Lipinski definition) is 3. The summed E-state index contributed by atoms with van der Waals surface area (Å²) in [5.74, 6) is -1.68. The van der Waals surface area contributed by atoms with Crippen molar-refractivity contribution in [1.29, 1.82) is 0 Å². The lowest BCUT2D eigenvalue weighted by Gasteiger charge is -2.12. The van der Waals surface area contributed by atoms with Crippen molar-refractivity contribution in [3.8, 4) is 5.75 Å². The molecule has 2 N–H and O–H groups in total. The number of rotatable bonds is 4. The number of hydrogen-bond donors (Lipinski definition) is 2. The molecule has 8 heteroatoms. The van der Waals surface area contributed by atoms with E-state index in [-0.39, 0.29) is 12.3 Å². The Hall–Kier alpha value is -2.61. The Morgan fingerprint density at radius 1 is 1.21 bits per heavy atom.